The fraction of sp³-hybridized carbons (Fsp3) is 0.0500. The van der Waals surface area contributed by atoms with Crippen molar-refractivity contribution in [3.63, 3.8) is 0 Å². The molecule has 3 aromatic carbocycles. The molecule has 3 N–H and O–H groups in total. The van der Waals surface area contributed by atoms with Crippen LogP contribution in [0.25, 0.3) is 10.8 Å². The summed E-state index contributed by atoms with van der Waals surface area (Å²) in [5.74, 6) is -0.292. The van der Waals surface area contributed by atoms with Gasteiger partial charge in [0, 0.05) is 10.0 Å². The minimum atomic E-state index is -0.455. The molecule has 0 heterocycles. The number of halogens is 2. The Balaban J connectivity index is 1.49. The molecule has 0 aliphatic rings. The van der Waals surface area contributed by atoms with Crippen LogP contribution in [0.3, 0.4) is 0 Å². The molecule has 0 bridgehead atoms. The third-order valence-corrected chi connectivity index (χ3v) is 5.33. The number of hydrazine groups is 1. The van der Waals surface area contributed by atoms with Gasteiger partial charge in [-0.2, -0.15) is 0 Å². The summed E-state index contributed by atoms with van der Waals surface area (Å²) in [6.07, 6.45) is 0. The second kappa shape index (κ2) is 9.82. The van der Waals surface area contributed by atoms with Crippen LogP contribution >= 0.6 is 44.1 Å². The van der Waals surface area contributed by atoms with Crippen molar-refractivity contribution in [3.05, 3.63) is 75.2 Å². The lowest BCUT2D eigenvalue weighted by Crippen LogP contribution is -2.49. The van der Waals surface area contributed by atoms with Crippen molar-refractivity contribution in [1.29, 1.82) is 0 Å². The standard InChI is InChI=1S/C20H15Br2N3O3S/c21-14-7-8-15-13(10-14)6-9-16(18(15)22)28-11-17(26)24-25-20(29)23-19(27)12-4-2-1-3-5-12/h1-10H,11H2,(H,24,26)(H2,23,25,27,29). The zero-order valence-corrected chi connectivity index (χ0v) is 18.9. The average molecular weight is 537 g/mol. The number of thiocarbonyl (C=S) groups is 1. The molecule has 6 nitrogen and oxygen atoms in total. The molecule has 148 valence electrons. The van der Waals surface area contributed by atoms with E-state index in [0.29, 0.717) is 11.3 Å². The molecule has 0 unspecified atom stereocenters. The number of hydrogen-bond acceptors (Lipinski definition) is 4. The molecule has 0 radical (unpaired) electrons. The number of carbonyl (C=O) groups excluding carboxylic acids is 2. The van der Waals surface area contributed by atoms with E-state index in [1.807, 2.05) is 24.3 Å². The largest absolute Gasteiger partial charge is 0.483 e. The van der Waals surface area contributed by atoms with Gasteiger partial charge in [0.25, 0.3) is 11.8 Å². The lowest BCUT2D eigenvalue weighted by atomic mass is 10.1. The van der Waals surface area contributed by atoms with Gasteiger partial charge in [-0.05, 0) is 69.3 Å². The zero-order chi connectivity index (χ0) is 20.8. The summed E-state index contributed by atoms with van der Waals surface area (Å²) in [5.41, 5.74) is 5.31. The van der Waals surface area contributed by atoms with Crippen LogP contribution in [0.15, 0.2) is 69.6 Å². The Labute approximate surface area is 189 Å². The number of ether oxygens (including phenoxy) is 1. The van der Waals surface area contributed by atoms with Crippen LogP contribution in [0.4, 0.5) is 0 Å². The summed E-state index contributed by atoms with van der Waals surface area (Å²) in [5, 5.41) is 4.45. The van der Waals surface area contributed by atoms with Crippen molar-refractivity contribution < 1.29 is 14.3 Å². The quantitative estimate of drug-likeness (QED) is 0.346. The highest BCUT2D eigenvalue weighted by atomic mass is 79.9. The van der Waals surface area contributed by atoms with Gasteiger partial charge in [0.1, 0.15) is 5.75 Å². The second-order valence-corrected chi connectivity index (χ2v) is 7.97. The smallest absolute Gasteiger partial charge is 0.276 e. The van der Waals surface area contributed by atoms with Crippen LogP contribution in [0.1, 0.15) is 10.4 Å². The van der Waals surface area contributed by atoms with Gasteiger partial charge < -0.3 is 4.74 Å². The Hall–Kier alpha value is -2.49. The highest BCUT2D eigenvalue weighted by Gasteiger charge is 2.11. The molecule has 0 aliphatic heterocycles. The molecule has 29 heavy (non-hydrogen) atoms. The Kier molecular flexibility index (Phi) is 7.18. The molecule has 0 atom stereocenters. The van der Waals surface area contributed by atoms with Crippen molar-refractivity contribution in [1.82, 2.24) is 16.2 Å². The molecular formula is C20H15Br2N3O3S. The summed E-state index contributed by atoms with van der Waals surface area (Å²) in [7, 11) is 0. The van der Waals surface area contributed by atoms with Crippen LogP contribution in [-0.2, 0) is 4.79 Å². The zero-order valence-electron chi connectivity index (χ0n) is 14.9. The van der Waals surface area contributed by atoms with Gasteiger partial charge in [0.2, 0.25) is 0 Å². The van der Waals surface area contributed by atoms with Gasteiger partial charge in [-0.25, -0.2) is 0 Å². The molecular weight excluding hydrogens is 522 g/mol. The van der Waals surface area contributed by atoms with Gasteiger partial charge in [0.15, 0.2) is 11.7 Å². The molecule has 0 aliphatic carbocycles. The summed E-state index contributed by atoms with van der Waals surface area (Å²) in [4.78, 5) is 24.0. The number of fused-ring (bicyclic) bond motifs is 1. The first-order valence-electron chi connectivity index (χ1n) is 8.40. The Bertz CT molecular complexity index is 1080. The molecule has 0 spiro atoms. The minimum absolute atomic E-state index is 0.0235. The molecule has 0 aromatic heterocycles. The number of rotatable bonds is 4. The van der Waals surface area contributed by atoms with E-state index in [1.165, 1.54) is 0 Å². The molecule has 0 saturated heterocycles. The van der Waals surface area contributed by atoms with E-state index in [2.05, 4.69) is 48.0 Å². The predicted octanol–water partition coefficient (Wildman–Crippen LogP) is 4.08. The molecule has 3 aromatic rings. The third kappa shape index (κ3) is 5.75. The third-order valence-electron chi connectivity index (χ3n) is 3.82. The number of benzene rings is 3. The topological polar surface area (TPSA) is 79.5 Å². The van der Waals surface area contributed by atoms with E-state index in [1.54, 1.807) is 36.4 Å². The van der Waals surface area contributed by atoms with Crippen LogP contribution in [0.2, 0.25) is 0 Å². The van der Waals surface area contributed by atoms with Crippen LogP contribution in [0.5, 0.6) is 5.75 Å². The maximum Gasteiger partial charge on any atom is 0.276 e. The highest BCUT2D eigenvalue weighted by Crippen LogP contribution is 2.34. The Morgan fingerprint density at radius 1 is 0.966 bits per heavy atom. The van der Waals surface area contributed by atoms with Gasteiger partial charge in [-0.3, -0.25) is 25.8 Å². The molecule has 3 rings (SSSR count). The van der Waals surface area contributed by atoms with Crippen molar-refractivity contribution in [3.8, 4) is 5.75 Å². The molecule has 2 amide bonds. The lowest BCUT2D eigenvalue weighted by molar-refractivity contribution is -0.123. The van der Waals surface area contributed by atoms with E-state index in [9.17, 15) is 9.59 Å². The van der Waals surface area contributed by atoms with Crippen molar-refractivity contribution >= 4 is 71.8 Å². The predicted molar refractivity (Wildman–Crippen MR) is 123 cm³/mol. The van der Waals surface area contributed by atoms with Gasteiger partial charge in [0.05, 0.1) is 4.47 Å². The Morgan fingerprint density at radius 3 is 2.48 bits per heavy atom. The van der Waals surface area contributed by atoms with Gasteiger partial charge in [-0.1, -0.05) is 46.3 Å². The van der Waals surface area contributed by atoms with Crippen LogP contribution in [-0.4, -0.2) is 23.5 Å². The highest BCUT2D eigenvalue weighted by molar-refractivity contribution is 9.11. The van der Waals surface area contributed by atoms with Gasteiger partial charge in [-0.15, -0.1) is 0 Å². The monoisotopic (exact) mass is 535 g/mol. The van der Waals surface area contributed by atoms with Crippen molar-refractivity contribution in [2.45, 2.75) is 0 Å². The summed E-state index contributed by atoms with van der Waals surface area (Å²) >= 11 is 12.0. The second-order valence-electron chi connectivity index (χ2n) is 5.85. The first-order chi connectivity index (χ1) is 13.9. The number of carbonyl (C=O) groups is 2. The fourth-order valence-corrected chi connectivity index (χ4v) is 3.59. The maximum atomic E-state index is 12.0. The van der Waals surface area contributed by atoms with Crippen molar-refractivity contribution in [2.24, 2.45) is 0 Å². The fourth-order valence-electron chi connectivity index (χ4n) is 2.46. The summed E-state index contributed by atoms with van der Waals surface area (Å²) in [6, 6.07) is 18.2. The Morgan fingerprint density at radius 2 is 1.72 bits per heavy atom. The normalized spacial score (nSPS) is 10.3. The number of hydrogen-bond donors (Lipinski definition) is 3. The first kappa shape index (κ1) is 21.2. The summed E-state index contributed by atoms with van der Waals surface area (Å²) < 4.78 is 7.31. The first-order valence-corrected chi connectivity index (χ1v) is 10.4. The van der Waals surface area contributed by atoms with E-state index in [0.717, 1.165) is 19.7 Å². The van der Waals surface area contributed by atoms with Crippen LogP contribution in [0, 0.1) is 0 Å². The SMILES string of the molecule is O=C(COc1ccc2cc(Br)ccc2c1Br)NNC(=S)NC(=O)c1ccccc1. The van der Waals surface area contributed by atoms with E-state index >= 15 is 0 Å². The molecule has 0 fully saturated rings. The van der Waals surface area contributed by atoms with E-state index in [4.69, 9.17) is 17.0 Å². The van der Waals surface area contributed by atoms with Crippen LogP contribution < -0.4 is 20.9 Å². The molecule has 9 heteroatoms. The molecule has 0 saturated carbocycles. The number of nitrogens with one attached hydrogen (secondary N) is 3. The van der Waals surface area contributed by atoms with E-state index in [-0.39, 0.29) is 17.6 Å². The number of amides is 2. The maximum absolute atomic E-state index is 12.0. The summed E-state index contributed by atoms with van der Waals surface area (Å²) in [6.45, 7) is -0.233. The minimum Gasteiger partial charge on any atom is -0.483 e. The van der Waals surface area contributed by atoms with E-state index < -0.39 is 5.91 Å². The average Bonchev–Trinajstić information content (AvgIpc) is 2.72. The lowest BCUT2D eigenvalue weighted by Gasteiger charge is -2.13. The van der Waals surface area contributed by atoms with Crippen molar-refractivity contribution in [2.75, 3.05) is 6.61 Å². The van der Waals surface area contributed by atoms with Gasteiger partial charge >= 0.3 is 0 Å².